The van der Waals surface area contributed by atoms with Gasteiger partial charge in [0, 0.05) is 15.6 Å². The molecule has 0 aliphatic carbocycles. The molecular weight excluding hydrogens is 688 g/mol. The summed E-state index contributed by atoms with van der Waals surface area (Å²) in [5.74, 6) is -18.4. The number of rotatable bonds is 9. The number of sulfone groups is 1. The van der Waals surface area contributed by atoms with Crippen LogP contribution in [0.1, 0.15) is 27.4 Å². The van der Waals surface area contributed by atoms with Crippen molar-refractivity contribution in [3.05, 3.63) is 111 Å². The van der Waals surface area contributed by atoms with Crippen LogP contribution < -0.4 is 0 Å². The van der Waals surface area contributed by atoms with Gasteiger partial charge in [-0.1, -0.05) is 88.7 Å². The van der Waals surface area contributed by atoms with Crippen LogP contribution in [0.15, 0.2) is 94.3 Å². The summed E-state index contributed by atoms with van der Waals surface area (Å²) in [5.41, 5.74) is -0.637. The molecule has 42 heavy (non-hydrogen) atoms. The first-order valence-electron chi connectivity index (χ1n) is 11.6. The summed E-state index contributed by atoms with van der Waals surface area (Å²) in [4.78, 5) is 11.9. The molecule has 3 aromatic rings. The number of Topliss-reactive ketones (excluding diaryl/α,β-unsaturated/α-hetero) is 1. The summed E-state index contributed by atoms with van der Waals surface area (Å²) in [6.07, 6.45) is -1.99. The Morgan fingerprint density at radius 2 is 1.26 bits per heavy atom. The highest BCUT2D eigenvalue weighted by atomic mass is 79.9. The van der Waals surface area contributed by atoms with Crippen molar-refractivity contribution >= 4 is 48.9 Å². The molecule has 2 unspecified atom stereocenters. The summed E-state index contributed by atoms with van der Waals surface area (Å²) in [5, 5.41) is -13.2. The van der Waals surface area contributed by atoms with Crippen molar-refractivity contribution in [3.63, 3.8) is 0 Å². The molecule has 1 heterocycles. The van der Waals surface area contributed by atoms with Crippen molar-refractivity contribution in [2.45, 2.75) is 34.5 Å². The van der Waals surface area contributed by atoms with Gasteiger partial charge in [0.2, 0.25) is 5.78 Å². The lowest BCUT2D eigenvalue weighted by molar-refractivity contribution is -0.326. The third-order valence-electron chi connectivity index (χ3n) is 6.38. The van der Waals surface area contributed by atoms with Crippen LogP contribution in [0.2, 0.25) is 0 Å². The number of carbonyl (C=O) groups excluding carboxylic acids is 1. The van der Waals surface area contributed by atoms with E-state index >= 15 is 8.78 Å². The van der Waals surface area contributed by atoms with E-state index in [-0.39, 0.29) is 16.7 Å². The van der Waals surface area contributed by atoms with Crippen molar-refractivity contribution < 1.29 is 53.1 Å². The molecule has 0 spiro atoms. The number of hydrogen-bond donors (Lipinski definition) is 0. The molecule has 3 aromatic carbocycles. The highest BCUT2D eigenvalue weighted by molar-refractivity contribution is 9.10. The smallest absolute Gasteiger partial charge is 0.417 e. The van der Waals surface area contributed by atoms with Crippen LogP contribution in [0.5, 0.6) is 0 Å². The Kier molecular flexibility index (Phi) is 8.33. The lowest BCUT2D eigenvalue weighted by atomic mass is 9.89. The molecule has 4 nitrogen and oxygen atoms in total. The summed E-state index contributed by atoms with van der Waals surface area (Å²) < 4.78 is 148. The van der Waals surface area contributed by atoms with Gasteiger partial charge in [-0.3, -0.25) is 4.79 Å². The molecule has 0 radical (unpaired) electrons. The van der Waals surface area contributed by atoms with E-state index in [0.29, 0.717) is 4.47 Å². The van der Waals surface area contributed by atoms with E-state index in [1.165, 1.54) is 60.7 Å². The van der Waals surface area contributed by atoms with Gasteiger partial charge in [0.05, 0.1) is 5.92 Å². The first-order chi connectivity index (χ1) is 19.4. The van der Waals surface area contributed by atoms with Gasteiger partial charge in [-0.05, 0) is 29.3 Å². The molecule has 0 saturated heterocycles. The normalized spacial score (nSPS) is 18.6. The zero-order chi connectivity index (χ0) is 31.3. The monoisotopic (exact) mass is 702 g/mol. The van der Waals surface area contributed by atoms with E-state index < -0.39 is 60.8 Å². The minimum absolute atomic E-state index is 0.0962. The Labute approximate surface area is 247 Å². The number of ketones is 1. The molecule has 0 amide bonds. The lowest BCUT2D eigenvalue weighted by Crippen LogP contribution is -2.63. The minimum Gasteiger partial charge on any atom is -0.480 e. The van der Waals surface area contributed by atoms with Crippen LogP contribution >= 0.6 is 27.5 Å². The van der Waals surface area contributed by atoms with Gasteiger partial charge in [0.1, 0.15) is 10.7 Å². The van der Waals surface area contributed by atoms with Gasteiger partial charge in [-0.2, -0.15) is 35.1 Å². The van der Waals surface area contributed by atoms with E-state index in [9.17, 15) is 39.6 Å². The molecule has 0 fully saturated rings. The zero-order valence-corrected chi connectivity index (χ0v) is 23.7. The van der Waals surface area contributed by atoms with Crippen molar-refractivity contribution in [1.82, 2.24) is 0 Å². The van der Waals surface area contributed by atoms with Gasteiger partial charge in [0.25, 0.3) is 9.84 Å². The molecular formula is C27H16BrClF8O4S. The van der Waals surface area contributed by atoms with E-state index in [1.807, 2.05) is 0 Å². The Morgan fingerprint density at radius 3 is 1.76 bits per heavy atom. The number of ether oxygens (including phenoxy) is 1. The topological polar surface area (TPSA) is 60.4 Å². The SMILES string of the molecule is O=C(c1ccccc1)C1OC(c2ccccc2)=C(S(=O)(=O)C(F)(F)C(F)(F)C(F)(F)C(F)(F)Cl)C1c1ccc(Br)cc1. The molecule has 0 saturated carbocycles. The fourth-order valence-electron chi connectivity index (χ4n) is 4.26. The van der Waals surface area contributed by atoms with Crippen LogP contribution in [0.3, 0.4) is 0 Å². The quantitative estimate of drug-likeness (QED) is 0.128. The largest absolute Gasteiger partial charge is 0.480 e. The summed E-state index contributed by atoms with van der Waals surface area (Å²) in [6, 6.07) is 18.1. The second-order valence-electron chi connectivity index (χ2n) is 9.02. The van der Waals surface area contributed by atoms with Crippen LogP contribution in [-0.4, -0.2) is 42.8 Å². The maximum absolute atomic E-state index is 15.4. The number of hydrogen-bond acceptors (Lipinski definition) is 4. The average molecular weight is 704 g/mol. The molecule has 2 atom stereocenters. The molecule has 0 bridgehead atoms. The Hall–Kier alpha value is -2.97. The highest BCUT2D eigenvalue weighted by Crippen LogP contribution is 2.59. The van der Waals surface area contributed by atoms with Gasteiger partial charge in [-0.15, -0.1) is 0 Å². The summed E-state index contributed by atoms with van der Waals surface area (Å²) in [6.45, 7) is 0. The Morgan fingerprint density at radius 1 is 0.762 bits per heavy atom. The molecule has 0 N–H and O–H groups in total. The van der Waals surface area contributed by atoms with E-state index in [1.54, 1.807) is 0 Å². The maximum atomic E-state index is 15.4. The summed E-state index contributed by atoms with van der Waals surface area (Å²) >= 11 is 7.17. The van der Waals surface area contributed by atoms with Crippen LogP contribution in [0, 0.1) is 0 Å². The molecule has 224 valence electrons. The second kappa shape index (κ2) is 10.9. The Balaban J connectivity index is 2.04. The molecule has 15 heteroatoms. The predicted octanol–water partition coefficient (Wildman–Crippen LogP) is 8.29. The number of halogens is 10. The van der Waals surface area contributed by atoms with Crippen molar-refractivity contribution in [2.75, 3.05) is 0 Å². The number of carbonyl (C=O) groups is 1. The van der Waals surface area contributed by atoms with Gasteiger partial charge < -0.3 is 4.74 Å². The van der Waals surface area contributed by atoms with Crippen molar-refractivity contribution in [1.29, 1.82) is 0 Å². The molecule has 4 rings (SSSR count). The van der Waals surface area contributed by atoms with Gasteiger partial charge in [0.15, 0.2) is 6.10 Å². The van der Waals surface area contributed by atoms with Crippen LogP contribution in [0.25, 0.3) is 5.76 Å². The maximum Gasteiger partial charge on any atom is 0.417 e. The van der Waals surface area contributed by atoms with Crippen LogP contribution in [0.4, 0.5) is 35.1 Å². The lowest BCUT2D eigenvalue weighted by Gasteiger charge is -2.34. The number of benzene rings is 3. The number of alkyl halides is 9. The van der Waals surface area contributed by atoms with E-state index in [2.05, 4.69) is 27.5 Å². The fraction of sp³-hybridized carbons (Fsp3) is 0.222. The molecule has 1 aliphatic heterocycles. The van der Waals surface area contributed by atoms with E-state index in [4.69, 9.17) is 4.74 Å². The first-order valence-corrected chi connectivity index (χ1v) is 14.3. The molecule has 0 aromatic heterocycles. The fourth-order valence-corrected chi connectivity index (χ4v) is 6.39. The zero-order valence-electron chi connectivity index (χ0n) is 20.6. The predicted molar refractivity (Wildman–Crippen MR) is 140 cm³/mol. The average Bonchev–Trinajstić information content (AvgIpc) is 3.34. The first kappa shape index (κ1) is 32.0. The van der Waals surface area contributed by atoms with E-state index in [0.717, 1.165) is 24.3 Å². The third kappa shape index (κ3) is 5.11. The Bertz CT molecular complexity index is 1610. The van der Waals surface area contributed by atoms with Gasteiger partial charge in [-0.25, -0.2) is 8.42 Å². The third-order valence-corrected chi connectivity index (χ3v) is 9.09. The van der Waals surface area contributed by atoms with Crippen molar-refractivity contribution in [3.8, 4) is 0 Å². The summed E-state index contributed by atoms with van der Waals surface area (Å²) in [7, 11) is -7.06. The van der Waals surface area contributed by atoms with Crippen LogP contribution in [-0.2, 0) is 14.6 Å². The molecule has 1 aliphatic rings. The minimum atomic E-state index is -7.25. The highest BCUT2D eigenvalue weighted by Gasteiger charge is 2.85. The van der Waals surface area contributed by atoms with Crippen molar-refractivity contribution in [2.24, 2.45) is 0 Å². The second-order valence-corrected chi connectivity index (χ2v) is 12.4. The van der Waals surface area contributed by atoms with Gasteiger partial charge >= 0.3 is 22.5 Å². The standard InChI is InChI=1S/C27H16BrClF8O4S/c28-18-13-11-15(12-14-18)19-22(20(38)16-7-3-1-4-8-16)41-21(17-9-5-2-6-10-17)23(19)42(39,40)27(36,37)25(32,33)24(30,31)26(29,34)35/h1-14,19,22H.